The van der Waals surface area contributed by atoms with Gasteiger partial charge < -0.3 is 10.6 Å². The van der Waals surface area contributed by atoms with Crippen LogP contribution in [-0.4, -0.2) is 17.0 Å². The van der Waals surface area contributed by atoms with Crippen LogP contribution in [0, 0.1) is 6.92 Å². The lowest BCUT2D eigenvalue weighted by molar-refractivity contribution is 0.852. The quantitative estimate of drug-likeness (QED) is 0.866. The molecule has 2 aromatic rings. The highest BCUT2D eigenvalue weighted by molar-refractivity contribution is 9.10. The fraction of sp³-hybridized carbons (Fsp3) is 0.333. The first-order chi connectivity index (χ1) is 9.52. The van der Waals surface area contributed by atoms with Crippen LogP contribution in [0.15, 0.2) is 29.0 Å². The maximum absolute atomic E-state index is 4.38. The molecule has 0 fully saturated rings. The Morgan fingerprint density at radius 3 is 2.45 bits per heavy atom. The van der Waals surface area contributed by atoms with Crippen LogP contribution < -0.4 is 10.6 Å². The number of anilines is 3. The fourth-order valence-electron chi connectivity index (χ4n) is 2.09. The highest BCUT2D eigenvalue weighted by Crippen LogP contribution is 2.32. The molecule has 0 aliphatic carbocycles. The first-order valence-electron chi connectivity index (χ1n) is 6.58. The summed E-state index contributed by atoms with van der Waals surface area (Å²) in [5.74, 6) is 2.02. The molecule has 0 saturated carbocycles. The van der Waals surface area contributed by atoms with E-state index in [0.29, 0.717) is 5.92 Å². The van der Waals surface area contributed by atoms with Gasteiger partial charge in [-0.15, -0.1) is 0 Å². The minimum Gasteiger partial charge on any atom is -0.373 e. The highest BCUT2D eigenvalue weighted by atomic mass is 79.9. The normalized spacial score (nSPS) is 10.7. The van der Waals surface area contributed by atoms with Crippen LogP contribution in [0.25, 0.3) is 0 Å². The monoisotopic (exact) mass is 334 g/mol. The molecule has 0 saturated heterocycles. The van der Waals surface area contributed by atoms with Crippen molar-refractivity contribution in [3.8, 4) is 0 Å². The van der Waals surface area contributed by atoms with E-state index in [1.165, 1.54) is 5.56 Å². The molecule has 0 amide bonds. The Morgan fingerprint density at radius 2 is 1.85 bits per heavy atom. The van der Waals surface area contributed by atoms with Gasteiger partial charge in [0.2, 0.25) is 0 Å². The molecule has 0 bridgehead atoms. The molecule has 0 aliphatic heterocycles. The zero-order chi connectivity index (χ0) is 14.7. The van der Waals surface area contributed by atoms with Crippen LogP contribution >= 0.6 is 15.9 Å². The molecule has 20 heavy (non-hydrogen) atoms. The van der Waals surface area contributed by atoms with Crippen LogP contribution in [0.1, 0.15) is 30.9 Å². The molecule has 5 heteroatoms. The molecule has 106 valence electrons. The average molecular weight is 335 g/mol. The SMILES string of the molecule is CNc1ncnc(Nc2ccc(C)cc2Br)c1C(C)C. The predicted octanol–water partition coefficient (Wildman–Crippen LogP) is 4.46. The van der Waals surface area contributed by atoms with E-state index in [9.17, 15) is 0 Å². The number of halogens is 1. The van der Waals surface area contributed by atoms with Crippen molar-refractivity contribution >= 4 is 33.3 Å². The summed E-state index contributed by atoms with van der Waals surface area (Å²) in [5, 5.41) is 6.51. The van der Waals surface area contributed by atoms with Crippen LogP contribution in [0.5, 0.6) is 0 Å². The maximum Gasteiger partial charge on any atom is 0.139 e. The average Bonchev–Trinajstić information content (AvgIpc) is 2.41. The van der Waals surface area contributed by atoms with E-state index in [1.807, 2.05) is 13.1 Å². The Hall–Kier alpha value is -1.62. The van der Waals surface area contributed by atoms with E-state index in [2.05, 4.69) is 69.4 Å². The fourth-order valence-corrected chi connectivity index (χ4v) is 2.68. The molecule has 1 heterocycles. The summed E-state index contributed by atoms with van der Waals surface area (Å²) in [5.41, 5.74) is 3.30. The van der Waals surface area contributed by atoms with Crippen LogP contribution in [0.3, 0.4) is 0 Å². The second kappa shape index (κ2) is 6.22. The minimum atomic E-state index is 0.324. The lowest BCUT2D eigenvalue weighted by Gasteiger charge is -2.17. The summed E-state index contributed by atoms with van der Waals surface area (Å²) < 4.78 is 1.02. The summed E-state index contributed by atoms with van der Waals surface area (Å²) in [4.78, 5) is 8.67. The molecule has 4 nitrogen and oxygen atoms in total. The van der Waals surface area contributed by atoms with Gasteiger partial charge in [0, 0.05) is 17.1 Å². The van der Waals surface area contributed by atoms with Gasteiger partial charge in [-0.1, -0.05) is 19.9 Å². The second-order valence-corrected chi connectivity index (χ2v) is 5.85. The number of nitrogens with one attached hydrogen (secondary N) is 2. The van der Waals surface area contributed by atoms with Gasteiger partial charge in [-0.05, 0) is 46.5 Å². The van der Waals surface area contributed by atoms with Crippen molar-refractivity contribution in [1.29, 1.82) is 0 Å². The van der Waals surface area contributed by atoms with Crippen molar-refractivity contribution in [2.75, 3.05) is 17.7 Å². The lowest BCUT2D eigenvalue weighted by atomic mass is 10.0. The summed E-state index contributed by atoms with van der Waals surface area (Å²) >= 11 is 3.58. The van der Waals surface area contributed by atoms with Gasteiger partial charge in [-0.25, -0.2) is 9.97 Å². The number of aromatic nitrogens is 2. The molecule has 0 radical (unpaired) electrons. The Kier molecular flexibility index (Phi) is 4.60. The number of rotatable bonds is 4. The van der Waals surface area contributed by atoms with Crippen molar-refractivity contribution in [3.05, 3.63) is 40.1 Å². The van der Waals surface area contributed by atoms with Crippen molar-refractivity contribution in [3.63, 3.8) is 0 Å². The van der Waals surface area contributed by atoms with Gasteiger partial charge in [0.05, 0.1) is 5.69 Å². The number of hydrogen-bond donors (Lipinski definition) is 2. The smallest absolute Gasteiger partial charge is 0.139 e. The Labute approximate surface area is 128 Å². The molecule has 2 N–H and O–H groups in total. The van der Waals surface area contributed by atoms with Crippen LogP contribution in [0.2, 0.25) is 0 Å². The molecule has 0 aliphatic rings. The Morgan fingerprint density at radius 1 is 1.15 bits per heavy atom. The van der Waals surface area contributed by atoms with Gasteiger partial charge in [0.1, 0.15) is 18.0 Å². The standard InChI is InChI=1S/C15H19BrN4/c1-9(2)13-14(17-4)18-8-19-15(13)20-12-6-5-10(3)7-11(12)16/h5-9H,1-4H3,(H2,17,18,19,20). The topological polar surface area (TPSA) is 49.8 Å². The van der Waals surface area contributed by atoms with Crippen LogP contribution in [-0.2, 0) is 0 Å². The third-order valence-electron chi connectivity index (χ3n) is 3.08. The van der Waals surface area contributed by atoms with Gasteiger partial charge in [0.25, 0.3) is 0 Å². The highest BCUT2D eigenvalue weighted by Gasteiger charge is 2.15. The number of hydrogen-bond acceptors (Lipinski definition) is 4. The molecule has 0 atom stereocenters. The van der Waals surface area contributed by atoms with Crippen molar-refractivity contribution in [1.82, 2.24) is 9.97 Å². The molecule has 1 aromatic carbocycles. The van der Waals surface area contributed by atoms with Gasteiger partial charge >= 0.3 is 0 Å². The third kappa shape index (κ3) is 3.10. The summed E-state index contributed by atoms with van der Waals surface area (Å²) in [6, 6.07) is 6.20. The Balaban J connectivity index is 2.43. The molecular weight excluding hydrogens is 316 g/mol. The van der Waals surface area contributed by atoms with Crippen molar-refractivity contribution in [2.45, 2.75) is 26.7 Å². The lowest BCUT2D eigenvalue weighted by Crippen LogP contribution is -2.07. The summed E-state index contributed by atoms with van der Waals surface area (Å²) in [7, 11) is 1.87. The number of benzene rings is 1. The number of nitrogens with zero attached hydrogens (tertiary/aromatic N) is 2. The molecule has 1 aromatic heterocycles. The van der Waals surface area contributed by atoms with E-state index < -0.39 is 0 Å². The van der Waals surface area contributed by atoms with E-state index in [-0.39, 0.29) is 0 Å². The first-order valence-corrected chi connectivity index (χ1v) is 7.38. The van der Waals surface area contributed by atoms with E-state index in [1.54, 1.807) is 6.33 Å². The van der Waals surface area contributed by atoms with Gasteiger partial charge in [0.15, 0.2) is 0 Å². The Bertz CT molecular complexity index is 611. The minimum absolute atomic E-state index is 0.324. The van der Waals surface area contributed by atoms with Crippen molar-refractivity contribution in [2.24, 2.45) is 0 Å². The second-order valence-electron chi connectivity index (χ2n) is 5.00. The zero-order valence-corrected chi connectivity index (χ0v) is 13.7. The number of aryl methyl sites for hydroxylation is 1. The van der Waals surface area contributed by atoms with Crippen LogP contribution in [0.4, 0.5) is 17.3 Å². The van der Waals surface area contributed by atoms with Gasteiger partial charge in [-0.3, -0.25) is 0 Å². The largest absolute Gasteiger partial charge is 0.373 e. The van der Waals surface area contributed by atoms with E-state index in [0.717, 1.165) is 27.4 Å². The molecule has 0 unspecified atom stereocenters. The van der Waals surface area contributed by atoms with Gasteiger partial charge in [-0.2, -0.15) is 0 Å². The molecule has 2 rings (SSSR count). The summed E-state index contributed by atoms with van der Waals surface area (Å²) in [6.07, 6.45) is 1.57. The summed E-state index contributed by atoms with van der Waals surface area (Å²) in [6.45, 7) is 6.34. The molecular formula is C15H19BrN4. The third-order valence-corrected chi connectivity index (χ3v) is 3.73. The predicted molar refractivity (Wildman–Crippen MR) is 87.8 cm³/mol. The zero-order valence-electron chi connectivity index (χ0n) is 12.2. The maximum atomic E-state index is 4.38. The molecule has 0 spiro atoms. The van der Waals surface area contributed by atoms with E-state index in [4.69, 9.17) is 0 Å². The first kappa shape index (κ1) is 14.8. The van der Waals surface area contributed by atoms with Crippen molar-refractivity contribution < 1.29 is 0 Å². The van der Waals surface area contributed by atoms with E-state index >= 15 is 0 Å².